The summed E-state index contributed by atoms with van der Waals surface area (Å²) in [4.78, 5) is 13.8. The molecule has 1 aromatic rings. The van der Waals surface area contributed by atoms with E-state index >= 15 is 0 Å². The standard InChI is InChI=1S/C6H5F3N2O2S/c7-6(8,9)1-10-4-3(5(12)13)11-2-14-4/h2,10H,1H2,(H,12,13). The Hall–Kier alpha value is -1.31. The van der Waals surface area contributed by atoms with Gasteiger partial charge in [0.1, 0.15) is 11.5 Å². The number of halogens is 3. The monoisotopic (exact) mass is 226 g/mol. The van der Waals surface area contributed by atoms with Gasteiger partial charge in [0.25, 0.3) is 0 Å². The molecule has 0 radical (unpaired) electrons. The number of aromatic carboxylic acids is 1. The SMILES string of the molecule is O=C(O)c1ncsc1NCC(F)(F)F. The Bertz CT molecular complexity index is 336. The van der Waals surface area contributed by atoms with Crippen LogP contribution in [0.25, 0.3) is 0 Å². The van der Waals surface area contributed by atoms with Gasteiger partial charge in [-0.05, 0) is 0 Å². The Morgan fingerprint density at radius 2 is 2.29 bits per heavy atom. The van der Waals surface area contributed by atoms with E-state index in [1.165, 1.54) is 5.51 Å². The third-order valence-corrected chi connectivity index (χ3v) is 2.00. The molecule has 0 aliphatic carbocycles. The molecule has 0 fully saturated rings. The lowest BCUT2D eigenvalue weighted by Crippen LogP contribution is -2.21. The minimum absolute atomic E-state index is 0.0881. The number of thiazole rings is 1. The molecule has 0 atom stereocenters. The molecule has 1 heterocycles. The molecule has 2 N–H and O–H groups in total. The Morgan fingerprint density at radius 3 is 2.79 bits per heavy atom. The van der Waals surface area contributed by atoms with E-state index in [4.69, 9.17) is 5.11 Å². The van der Waals surface area contributed by atoms with Crippen LogP contribution < -0.4 is 5.32 Å². The lowest BCUT2D eigenvalue weighted by molar-refractivity contribution is -0.115. The van der Waals surface area contributed by atoms with Crippen molar-refractivity contribution in [2.24, 2.45) is 0 Å². The van der Waals surface area contributed by atoms with Gasteiger partial charge in [-0.1, -0.05) is 0 Å². The van der Waals surface area contributed by atoms with Gasteiger partial charge in [-0.15, -0.1) is 11.3 Å². The van der Waals surface area contributed by atoms with Gasteiger partial charge in [0.2, 0.25) is 0 Å². The summed E-state index contributed by atoms with van der Waals surface area (Å²) in [7, 11) is 0. The normalized spacial score (nSPS) is 11.4. The molecule has 8 heteroatoms. The molecule has 1 rings (SSSR count). The largest absolute Gasteiger partial charge is 0.476 e. The Kier molecular flexibility index (Phi) is 2.94. The number of carbonyl (C=O) groups is 1. The molecule has 78 valence electrons. The van der Waals surface area contributed by atoms with Gasteiger partial charge >= 0.3 is 12.1 Å². The smallest absolute Gasteiger partial charge is 0.405 e. The highest BCUT2D eigenvalue weighted by atomic mass is 32.1. The first-order valence-electron chi connectivity index (χ1n) is 3.37. The maximum absolute atomic E-state index is 11.8. The summed E-state index contributed by atoms with van der Waals surface area (Å²) in [6.07, 6.45) is -4.38. The topological polar surface area (TPSA) is 62.2 Å². The average molecular weight is 226 g/mol. The summed E-state index contributed by atoms with van der Waals surface area (Å²) in [6, 6.07) is 0. The molecule has 0 saturated heterocycles. The fourth-order valence-corrected chi connectivity index (χ4v) is 1.38. The highest BCUT2D eigenvalue weighted by Gasteiger charge is 2.28. The van der Waals surface area contributed by atoms with E-state index in [1.54, 1.807) is 0 Å². The highest BCUT2D eigenvalue weighted by molar-refractivity contribution is 7.14. The fourth-order valence-electron chi connectivity index (χ4n) is 0.704. The summed E-state index contributed by atoms with van der Waals surface area (Å²) in [5.74, 6) is -1.35. The summed E-state index contributed by atoms with van der Waals surface area (Å²) in [6.45, 7) is -1.27. The molecule has 0 spiro atoms. The average Bonchev–Trinajstić information content (AvgIpc) is 2.46. The molecule has 0 aliphatic rings. The van der Waals surface area contributed by atoms with Gasteiger partial charge in [-0.2, -0.15) is 13.2 Å². The molecule has 0 bridgehead atoms. The van der Waals surface area contributed by atoms with E-state index in [0.717, 1.165) is 11.3 Å². The van der Waals surface area contributed by atoms with Crippen LogP contribution in [0.2, 0.25) is 0 Å². The van der Waals surface area contributed by atoms with Crippen molar-refractivity contribution >= 4 is 22.3 Å². The van der Waals surface area contributed by atoms with Gasteiger partial charge in [0, 0.05) is 0 Å². The van der Waals surface area contributed by atoms with E-state index in [1.807, 2.05) is 5.32 Å². The van der Waals surface area contributed by atoms with Crippen molar-refractivity contribution in [3.8, 4) is 0 Å². The zero-order valence-electron chi connectivity index (χ0n) is 6.63. The molecule has 4 nitrogen and oxygen atoms in total. The lowest BCUT2D eigenvalue weighted by Gasteiger charge is -2.07. The zero-order valence-corrected chi connectivity index (χ0v) is 7.45. The van der Waals surface area contributed by atoms with Crippen LogP contribution >= 0.6 is 11.3 Å². The Balaban J connectivity index is 2.68. The number of rotatable bonds is 3. The second kappa shape index (κ2) is 3.82. The molecule has 14 heavy (non-hydrogen) atoms. The lowest BCUT2D eigenvalue weighted by atomic mass is 10.4. The van der Waals surface area contributed by atoms with Gasteiger partial charge in [-0.25, -0.2) is 9.78 Å². The fraction of sp³-hybridized carbons (Fsp3) is 0.333. The molecule has 1 aromatic heterocycles. The van der Waals surface area contributed by atoms with Crippen molar-refractivity contribution in [1.29, 1.82) is 0 Å². The second-order valence-electron chi connectivity index (χ2n) is 2.30. The van der Waals surface area contributed by atoms with Crippen LogP contribution in [0, 0.1) is 0 Å². The number of nitrogens with zero attached hydrogens (tertiary/aromatic N) is 1. The van der Waals surface area contributed by atoms with E-state index in [-0.39, 0.29) is 10.7 Å². The van der Waals surface area contributed by atoms with Gasteiger partial charge in [0.15, 0.2) is 5.69 Å². The Labute approximate surface area is 80.4 Å². The Morgan fingerprint density at radius 1 is 1.64 bits per heavy atom. The summed E-state index contributed by atoms with van der Waals surface area (Å²) in [5, 5.41) is 10.4. The van der Waals surface area contributed by atoms with Crippen LogP contribution in [-0.2, 0) is 0 Å². The molecule has 0 aromatic carbocycles. The third-order valence-electron chi connectivity index (χ3n) is 1.22. The minimum Gasteiger partial charge on any atom is -0.476 e. The first-order chi connectivity index (χ1) is 6.40. The first kappa shape index (κ1) is 10.8. The molecular formula is C6H5F3N2O2S. The summed E-state index contributed by atoms with van der Waals surface area (Å²) >= 11 is 0.816. The van der Waals surface area contributed by atoms with Crippen LogP contribution in [0.4, 0.5) is 18.2 Å². The van der Waals surface area contributed by atoms with Crippen molar-refractivity contribution in [2.75, 3.05) is 11.9 Å². The second-order valence-corrected chi connectivity index (χ2v) is 3.16. The minimum atomic E-state index is -4.38. The number of carboxylic acids is 1. The predicted molar refractivity (Wildman–Crippen MR) is 43.6 cm³/mol. The zero-order chi connectivity index (χ0) is 10.8. The molecule has 0 amide bonds. The summed E-state index contributed by atoms with van der Waals surface area (Å²) in [5.41, 5.74) is 0.779. The van der Waals surface area contributed by atoms with Crippen molar-refractivity contribution in [1.82, 2.24) is 4.98 Å². The van der Waals surface area contributed by atoms with Crippen molar-refractivity contribution in [3.05, 3.63) is 11.2 Å². The van der Waals surface area contributed by atoms with E-state index in [2.05, 4.69) is 4.98 Å². The number of nitrogens with one attached hydrogen (secondary N) is 1. The van der Waals surface area contributed by atoms with E-state index < -0.39 is 18.7 Å². The van der Waals surface area contributed by atoms with Crippen LogP contribution in [0.5, 0.6) is 0 Å². The number of alkyl halides is 3. The van der Waals surface area contributed by atoms with Crippen LogP contribution in [0.1, 0.15) is 10.5 Å². The number of hydrogen-bond donors (Lipinski definition) is 2. The highest BCUT2D eigenvalue weighted by Crippen LogP contribution is 2.22. The van der Waals surface area contributed by atoms with E-state index in [9.17, 15) is 18.0 Å². The van der Waals surface area contributed by atoms with Gasteiger partial charge in [0.05, 0.1) is 5.51 Å². The number of aromatic nitrogens is 1. The summed E-state index contributed by atoms with van der Waals surface area (Å²) < 4.78 is 35.3. The molecule has 0 unspecified atom stereocenters. The van der Waals surface area contributed by atoms with Crippen molar-refractivity contribution in [2.45, 2.75) is 6.18 Å². The quantitative estimate of drug-likeness (QED) is 0.825. The van der Waals surface area contributed by atoms with Gasteiger partial charge in [-0.3, -0.25) is 0 Å². The molecule has 0 saturated carbocycles. The maximum atomic E-state index is 11.8. The van der Waals surface area contributed by atoms with Crippen molar-refractivity contribution < 1.29 is 23.1 Å². The van der Waals surface area contributed by atoms with E-state index in [0.29, 0.717) is 0 Å². The number of hydrogen-bond acceptors (Lipinski definition) is 4. The van der Waals surface area contributed by atoms with Crippen LogP contribution in [-0.4, -0.2) is 28.8 Å². The van der Waals surface area contributed by atoms with Crippen LogP contribution in [0.3, 0.4) is 0 Å². The van der Waals surface area contributed by atoms with Crippen LogP contribution in [0.15, 0.2) is 5.51 Å². The molecular weight excluding hydrogens is 221 g/mol. The molecule has 0 aliphatic heterocycles. The van der Waals surface area contributed by atoms with Crippen molar-refractivity contribution in [3.63, 3.8) is 0 Å². The third kappa shape index (κ3) is 2.87. The van der Waals surface area contributed by atoms with Gasteiger partial charge < -0.3 is 10.4 Å². The number of anilines is 1. The maximum Gasteiger partial charge on any atom is 0.405 e. The number of carboxylic acid groups (broad SMARTS) is 1. The first-order valence-corrected chi connectivity index (χ1v) is 4.25. The predicted octanol–water partition coefficient (Wildman–Crippen LogP) is 1.82.